The minimum absolute atomic E-state index is 0.0295. The van der Waals surface area contributed by atoms with Crippen LogP contribution in [0.15, 0.2) is 53.4 Å². The number of carbonyl (C=O) groups is 1. The van der Waals surface area contributed by atoms with E-state index in [0.29, 0.717) is 17.3 Å². The summed E-state index contributed by atoms with van der Waals surface area (Å²) in [6.07, 6.45) is 4.79. The lowest BCUT2D eigenvalue weighted by Crippen LogP contribution is -2.16. The van der Waals surface area contributed by atoms with Crippen molar-refractivity contribution in [3.63, 3.8) is 0 Å². The molecule has 6 nitrogen and oxygen atoms in total. The van der Waals surface area contributed by atoms with Gasteiger partial charge >= 0.3 is 0 Å². The number of phenols is 1. The maximum atomic E-state index is 11.4. The van der Waals surface area contributed by atoms with E-state index in [4.69, 9.17) is 5.11 Å². The predicted molar refractivity (Wildman–Crippen MR) is 105 cm³/mol. The molecule has 0 radical (unpaired) electrons. The first kappa shape index (κ1) is 22.0. The van der Waals surface area contributed by atoms with Gasteiger partial charge in [0, 0.05) is 5.69 Å². The first-order valence-electron chi connectivity index (χ1n) is 7.73. The number of benzene rings is 2. The number of anilines is 1. The number of hydrogen-bond acceptors (Lipinski definition) is 5. The highest BCUT2D eigenvalue weighted by Gasteiger charge is 2.08. The van der Waals surface area contributed by atoms with Gasteiger partial charge in [-0.1, -0.05) is 17.7 Å². The van der Waals surface area contributed by atoms with E-state index in [2.05, 4.69) is 17.8 Å². The highest BCUT2D eigenvalue weighted by molar-refractivity contribution is 7.95. The SMILES string of the molecule is C[S+](C)CCC(=O)Nc1ccc(O)cc1.Cc1ccc(S(=O)(=O)[O-])cc1. The summed E-state index contributed by atoms with van der Waals surface area (Å²) in [5, 5.41) is 11.8. The van der Waals surface area contributed by atoms with E-state index in [9.17, 15) is 17.8 Å². The van der Waals surface area contributed by atoms with E-state index in [1.807, 2.05) is 6.92 Å². The van der Waals surface area contributed by atoms with Gasteiger partial charge < -0.3 is 15.0 Å². The van der Waals surface area contributed by atoms with Crippen molar-refractivity contribution < 1.29 is 22.9 Å². The van der Waals surface area contributed by atoms with Crippen molar-refractivity contribution in [2.75, 3.05) is 23.6 Å². The van der Waals surface area contributed by atoms with Gasteiger partial charge in [-0.3, -0.25) is 4.79 Å². The smallest absolute Gasteiger partial charge is 0.229 e. The summed E-state index contributed by atoms with van der Waals surface area (Å²) in [6, 6.07) is 12.3. The Labute approximate surface area is 157 Å². The quantitative estimate of drug-likeness (QED) is 0.458. The molecular formula is C18H23NO5S2. The number of phenolic OH excluding ortho intramolecular Hbond substituents is 1. The summed E-state index contributed by atoms with van der Waals surface area (Å²) < 4.78 is 31.2. The molecule has 1 amide bonds. The van der Waals surface area contributed by atoms with Crippen LogP contribution in [-0.2, 0) is 25.8 Å². The van der Waals surface area contributed by atoms with E-state index < -0.39 is 10.1 Å². The van der Waals surface area contributed by atoms with Crippen LogP contribution in [0.1, 0.15) is 12.0 Å². The molecule has 0 saturated carbocycles. The fraction of sp³-hybridized carbons (Fsp3) is 0.278. The van der Waals surface area contributed by atoms with Crippen molar-refractivity contribution in [3.05, 3.63) is 54.1 Å². The van der Waals surface area contributed by atoms with Crippen LogP contribution >= 0.6 is 0 Å². The first-order chi connectivity index (χ1) is 12.1. The normalized spacial score (nSPS) is 10.8. The van der Waals surface area contributed by atoms with Gasteiger partial charge in [-0.25, -0.2) is 8.42 Å². The third-order valence-electron chi connectivity index (χ3n) is 3.20. The van der Waals surface area contributed by atoms with Gasteiger partial charge in [-0.05, 0) is 54.2 Å². The van der Waals surface area contributed by atoms with Crippen LogP contribution in [0.5, 0.6) is 5.75 Å². The zero-order chi connectivity index (χ0) is 19.7. The number of aromatic hydroxyl groups is 1. The number of rotatable bonds is 5. The molecule has 0 fully saturated rings. The number of amides is 1. The molecule has 2 aromatic rings. The summed E-state index contributed by atoms with van der Waals surface area (Å²) in [7, 11) is -3.97. The molecule has 0 heterocycles. The molecule has 0 unspecified atom stereocenters. The maximum absolute atomic E-state index is 11.4. The van der Waals surface area contributed by atoms with Gasteiger partial charge in [0.15, 0.2) is 0 Å². The van der Waals surface area contributed by atoms with E-state index in [1.165, 1.54) is 12.1 Å². The van der Waals surface area contributed by atoms with Gasteiger partial charge in [-0.15, -0.1) is 0 Å². The zero-order valence-corrected chi connectivity index (χ0v) is 16.6. The van der Waals surface area contributed by atoms with Crippen molar-refractivity contribution in [2.45, 2.75) is 18.2 Å². The van der Waals surface area contributed by atoms with Crippen molar-refractivity contribution in [3.8, 4) is 5.75 Å². The predicted octanol–water partition coefficient (Wildman–Crippen LogP) is 2.50. The summed E-state index contributed by atoms with van der Waals surface area (Å²) >= 11 is 0. The molecule has 26 heavy (non-hydrogen) atoms. The molecule has 0 aliphatic rings. The molecule has 2 aromatic carbocycles. The molecule has 2 N–H and O–H groups in total. The second kappa shape index (κ2) is 10.2. The molecule has 8 heteroatoms. The average Bonchev–Trinajstić information content (AvgIpc) is 2.55. The van der Waals surface area contributed by atoms with E-state index in [0.717, 1.165) is 17.0 Å². The van der Waals surface area contributed by atoms with Gasteiger partial charge in [0.1, 0.15) is 21.6 Å². The number of carbonyl (C=O) groups excluding carboxylic acids is 1. The van der Waals surface area contributed by atoms with Crippen molar-refractivity contribution >= 4 is 32.6 Å². The maximum Gasteiger partial charge on any atom is 0.229 e. The van der Waals surface area contributed by atoms with E-state index in [1.54, 1.807) is 36.4 Å². The first-order valence-corrected chi connectivity index (χ1v) is 11.4. The minimum atomic E-state index is -4.27. The molecule has 0 bridgehead atoms. The van der Waals surface area contributed by atoms with Crippen molar-refractivity contribution in [1.29, 1.82) is 0 Å². The van der Waals surface area contributed by atoms with Crippen molar-refractivity contribution in [1.82, 2.24) is 0 Å². The Balaban J connectivity index is 0.000000273. The molecule has 0 aliphatic heterocycles. The number of hydrogen-bond donors (Lipinski definition) is 2. The highest BCUT2D eigenvalue weighted by Crippen LogP contribution is 2.13. The summed E-state index contributed by atoms with van der Waals surface area (Å²) in [6.45, 7) is 1.82. The van der Waals surface area contributed by atoms with Gasteiger partial charge in [0.25, 0.3) is 0 Å². The molecule has 0 saturated heterocycles. The largest absolute Gasteiger partial charge is 0.744 e. The van der Waals surface area contributed by atoms with Crippen LogP contribution in [0.3, 0.4) is 0 Å². The second-order valence-corrected chi connectivity index (χ2v) is 9.56. The fourth-order valence-electron chi connectivity index (χ4n) is 1.77. The Morgan fingerprint density at radius 2 is 1.62 bits per heavy atom. The molecule has 0 spiro atoms. The average molecular weight is 398 g/mol. The Morgan fingerprint density at radius 3 is 2.08 bits per heavy atom. The number of nitrogens with one attached hydrogen (secondary N) is 1. The third-order valence-corrected chi connectivity index (χ3v) is 5.07. The molecule has 2 rings (SSSR count). The molecule has 142 valence electrons. The van der Waals surface area contributed by atoms with Gasteiger partial charge in [0.05, 0.1) is 23.8 Å². The van der Waals surface area contributed by atoms with Crippen LogP contribution in [-0.4, -0.2) is 42.2 Å². The van der Waals surface area contributed by atoms with Crippen LogP contribution in [0.25, 0.3) is 0 Å². The summed E-state index contributed by atoms with van der Waals surface area (Å²) in [5.74, 6) is 1.16. The third kappa shape index (κ3) is 8.89. The Kier molecular flexibility index (Phi) is 8.64. The van der Waals surface area contributed by atoms with Crippen molar-refractivity contribution in [2.24, 2.45) is 0 Å². The fourth-order valence-corrected chi connectivity index (χ4v) is 2.83. The molecule has 0 aliphatic carbocycles. The van der Waals surface area contributed by atoms with Gasteiger partial charge in [-0.2, -0.15) is 0 Å². The highest BCUT2D eigenvalue weighted by atomic mass is 32.2. The standard InChI is InChI=1S/C11H15NO2S.C7H8O3S/c1-15(2)8-7-11(14)12-9-3-5-10(13)6-4-9;1-6-2-4-7(5-3-6)11(8,9)10/h3-6H,7-8H2,1-2H3,(H-,12,13,14);2-5H,1H3,(H,8,9,10). The van der Waals surface area contributed by atoms with Crippen LogP contribution in [0.2, 0.25) is 0 Å². The van der Waals surface area contributed by atoms with Crippen LogP contribution in [0.4, 0.5) is 5.69 Å². The van der Waals surface area contributed by atoms with E-state index >= 15 is 0 Å². The topological polar surface area (TPSA) is 107 Å². The van der Waals surface area contributed by atoms with E-state index in [-0.39, 0.29) is 16.6 Å². The monoisotopic (exact) mass is 397 g/mol. The Morgan fingerprint density at radius 1 is 1.08 bits per heavy atom. The second-order valence-electron chi connectivity index (χ2n) is 5.80. The van der Waals surface area contributed by atoms with Crippen LogP contribution in [0, 0.1) is 6.92 Å². The Bertz CT molecular complexity index is 800. The lowest BCUT2D eigenvalue weighted by atomic mass is 10.2. The lowest BCUT2D eigenvalue weighted by molar-refractivity contribution is -0.115. The molecule has 0 atom stereocenters. The lowest BCUT2D eigenvalue weighted by Gasteiger charge is -2.05. The summed E-state index contributed by atoms with van der Waals surface area (Å²) in [4.78, 5) is 11.3. The summed E-state index contributed by atoms with van der Waals surface area (Å²) in [5.41, 5.74) is 1.65. The molecule has 0 aromatic heterocycles. The minimum Gasteiger partial charge on any atom is -0.744 e. The number of aryl methyl sites for hydroxylation is 1. The Hall–Kier alpha value is -2.03. The zero-order valence-electron chi connectivity index (χ0n) is 14.9. The van der Waals surface area contributed by atoms with Gasteiger partial charge in [0.2, 0.25) is 5.91 Å². The molecular weight excluding hydrogens is 374 g/mol. The van der Waals surface area contributed by atoms with Crippen LogP contribution < -0.4 is 5.32 Å².